The topological polar surface area (TPSA) is 0 Å². The van der Waals surface area contributed by atoms with Gasteiger partial charge in [0.15, 0.2) is 0 Å². The van der Waals surface area contributed by atoms with Gasteiger partial charge in [-0.15, -0.1) is 0 Å². The summed E-state index contributed by atoms with van der Waals surface area (Å²) in [5, 5.41) is 0. The van der Waals surface area contributed by atoms with Gasteiger partial charge in [-0.2, -0.15) is 0 Å². The maximum absolute atomic E-state index is 5.10. The highest BCUT2D eigenvalue weighted by molar-refractivity contribution is 8.56. The number of thiocarbonyl (C=S) groups is 1. The molecule has 0 spiro atoms. The van der Waals surface area contributed by atoms with Crippen molar-refractivity contribution in [2.75, 3.05) is 0 Å². The summed E-state index contributed by atoms with van der Waals surface area (Å²) < 4.78 is 0.973. The van der Waals surface area contributed by atoms with Crippen molar-refractivity contribution in [1.82, 2.24) is 0 Å². The van der Waals surface area contributed by atoms with E-state index in [-0.39, 0.29) is 0 Å². The van der Waals surface area contributed by atoms with Crippen LogP contribution >= 0.6 is 32.0 Å². The van der Waals surface area contributed by atoms with E-state index in [1.165, 1.54) is 5.57 Å². The second-order valence-corrected chi connectivity index (χ2v) is 4.06. The van der Waals surface area contributed by atoms with E-state index in [9.17, 15) is 0 Å². The van der Waals surface area contributed by atoms with Gasteiger partial charge in [0, 0.05) is 0 Å². The number of hydrogen-bond acceptors (Lipinski definition) is 2. The molecule has 0 amide bonds. The minimum absolute atomic E-state index is 0.973. The fourth-order valence-corrected chi connectivity index (χ4v) is 1.68. The van der Waals surface area contributed by atoms with Gasteiger partial charge in [-0.05, 0) is 18.4 Å². The van der Waals surface area contributed by atoms with Crippen LogP contribution in [0.3, 0.4) is 0 Å². The molecule has 1 atom stereocenters. The molecule has 0 aromatic rings. The van der Waals surface area contributed by atoms with Crippen LogP contribution in [-0.2, 0) is 0 Å². The molecule has 0 N–H and O–H groups in total. The lowest BCUT2D eigenvalue weighted by Crippen LogP contribution is -1.91. The van der Waals surface area contributed by atoms with Gasteiger partial charge in [0.2, 0.25) is 0 Å². The van der Waals surface area contributed by atoms with Crippen LogP contribution in [-0.4, -0.2) is 4.20 Å². The van der Waals surface area contributed by atoms with Crippen molar-refractivity contribution in [2.45, 2.75) is 26.7 Å². The van der Waals surface area contributed by atoms with E-state index in [2.05, 4.69) is 26.7 Å². The Bertz CT molecular complexity index is 195. The summed E-state index contributed by atoms with van der Waals surface area (Å²) in [6.45, 7) is 4.00. The molecule has 0 fully saturated rings. The molecule has 0 saturated heterocycles. The Morgan fingerprint density at radius 3 is 2.58 bits per heavy atom. The highest BCUT2D eigenvalue weighted by Crippen LogP contribution is 2.23. The summed E-state index contributed by atoms with van der Waals surface area (Å²) >= 11 is 6.66. The molecule has 0 heterocycles. The first kappa shape index (κ1) is 12.3. The zero-order valence-corrected chi connectivity index (χ0v) is 10.3. The van der Waals surface area contributed by atoms with Gasteiger partial charge in [-0.3, -0.25) is 0 Å². The van der Waals surface area contributed by atoms with Gasteiger partial charge in [-0.1, -0.05) is 64.1 Å². The SMILES string of the molecule is CC.PSC(=S)C1=CCCC=C1. The molecule has 3 heteroatoms. The highest BCUT2D eigenvalue weighted by atomic mass is 32.7. The third-order valence-electron chi connectivity index (χ3n) is 1.34. The summed E-state index contributed by atoms with van der Waals surface area (Å²) in [6.07, 6.45) is 8.76. The number of hydrogen-bond donors (Lipinski definition) is 0. The zero-order chi connectivity index (χ0) is 9.40. The molecular formula is C9H15PS2. The second kappa shape index (κ2) is 7.97. The Balaban J connectivity index is 0.000000561. The van der Waals surface area contributed by atoms with E-state index < -0.39 is 0 Å². The molecule has 0 saturated carbocycles. The van der Waals surface area contributed by atoms with Crippen molar-refractivity contribution in [3.63, 3.8) is 0 Å². The van der Waals surface area contributed by atoms with Gasteiger partial charge in [-0.25, -0.2) is 0 Å². The summed E-state index contributed by atoms with van der Waals surface area (Å²) in [4.78, 5) is 0. The van der Waals surface area contributed by atoms with E-state index in [1.54, 1.807) is 11.4 Å². The average molecular weight is 218 g/mol. The molecule has 68 valence electrons. The molecule has 0 nitrogen and oxygen atoms in total. The Kier molecular flexibility index (Phi) is 8.20. The summed E-state index contributed by atoms with van der Waals surface area (Å²) in [5.41, 5.74) is 1.21. The Labute approximate surface area is 86.8 Å². The van der Waals surface area contributed by atoms with E-state index in [4.69, 9.17) is 12.2 Å². The minimum atomic E-state index is 0.973. The lowest BCUT2D eigenvalue weighted by Gasteiger charge is -2.04. The van der Waals surface area contributed by atoms with Crippen molar-refractivity contribution in [2.24, 2.45) is 0 Å². The van der Waals surface area contributed by atoms with Crippen molar-refractivity contribution in [1.29, 1.82) is 0 Å². The molecule has 0 aromatic carbocycles. The monoisotopic (exact) mass is 218 g/mol. The Hall–Kier alpha value is 0.350. The first-order valence-corrected chi connectivity index (χ1v) is 6.82. The molecule has 0 aliphatic heterocycles. The number of rotatable bonds is 1. The van der Waals surface area contributed by atoms with Crippen molar-refractivity contribution >= 4 is 36.2 Å². The second-order valence-electron chi connectivity index (χ2n) is 2.04. The van der Waals surface area contributed by atoms with Gasteiger partial charge >= 0.3 is 0 Å². The molecular weight excluding hydrogens is 203 g/mol. The summed E-state index contributed by atoms with van der Waals surface area (Å²) in [5.74, 6) is 0. The molecule has 12 heavy (non-hydrogen) atoms. The first-order chi connectivity index (χ1) is 5.84. The molecule has 1 aliphatic rings. The maximum atomic E-state index is 5.10. The lowest BCUT2D eigenvalue weighted by molar-refractivity contribution is 1.03. The molecule has 1 unspecified atom stereocenters. The maximum Gasteiger partial charge on any atom is 0.0811 e. The Morgan fingerprint density at radius 2 is 2.17 bits per heavy atom. The van der Waals surface area contributed by atoms with Crippen LogP contribution in [0.1, 0.15) is 26.7 Å². The zero-order valence-electron chi connectivity index (χ0n) is 7.54. The predicted molar refractivity (Wildman–Crippen MR) is 67.7 cm³/mol. The molecule has 1 aliphatic carbocycles. The van der Waals surface area contributed by atoms with Gasteiger partial charge in [0.1, 0.15) is 0 Å². The van der Waals surface area contributed by atoms with E-state index >= 15 is 0 Å². The third kappa shape index (κ3) is 4.39. The third-order valence-corrected chi connectivity index (χ3v) is 3.53. The summed E-state index contributed by atoms with van der Waals surface area (Å²) in [6, 6.07) is 0. The van der Waals surface area contributed by atoms with Gasteiger partial charge in [0.25, 0.3) is 0 Å². The van der Waals surface area contributed by atoms with Crippen LogP contribution < -0.4 is 0 Å². The highest BCUT2D eigenvalue weighted by Gasteiger charge is 2.01. The van der Waals surface area contributed by atoms with E-state index in [0.29, 0.717) is 0 Å². The van der Waals surface area contributed by atoms with Gasteiger partial charge < -0.3 is 0 Å². The van der Waals surface area contributed by atoms with Crippen LogP contribution in [0.15, 0.2) is 23.8 Å². The van der Waals surface area contributed by atoms with Crippen LogP contribution in [0.5, 0.6) is 0 Å². The number of allylic oxidation sites excluding steroid dienone is 3. The average Bonchev–Trinajstić information content (AvgIpc) is 2.21. The lowest BCUT2D eigenvalue weighted by atomic mass is 10.1. The Morgan fingerprint density at radius 1 is 1.50 bits per heavy atom. The fourth-order valence-electron chi connectivity index (χ4n) is 0.833. The van der Waals surface area contributed by atoms with E-state index in [0.717, 1.165) is 17.0 Å². The van der Waals surface area contributed by atoms with Crippen molar-refractivity contribution in [3.8, 4) is 0 Å². The van der Waals surface area contributed by atoms with Crippen molar-refractivity contribution in [3.05, 3.63) is 23.8 Å². The van der Waals surface area contributed by atoms with Crippen LogP contribution in [0.4, 0.5) is 0 Å². The largest absolute Gasteiger partial charge is 0.0932 e. The molecule has 1 rings (SSSR count). The normalized spacial score (nSPS) is 14.4. The van der Waals surface area contributed by atoms with Gasteiger partial charge in [0.05, 0.1) is 4.20 Å². The first-order valence-electron chi connectivity index (χ1n) is 4.12. The predicted octanol–water partition coefficient (Wildman–Crippen LogP) is 4.14. The van der Waals surface area contributed by atoms with Crippen molar-refractivity contribution < 1.29 is 0 Å². The smallest absolute Gasteiger partial charge is 0.0811 e. The fraction of sp³-hybridized carbons (Fsp3) is 0.444. The van der Waals surface area contributed by atoms with Crippen LogP contribution in [0.2, 0.25) is 0 Å². The van der Waals surface area contributed by atoms with E-state index in [1.807, 2.05) is 13.8 Å². The van der Waals surface area contributed by atoms with Crippen LogP contribution in [0.25, 0.3) is 0 Å². The minimum Gasteiger partial charge on any atom is -0.0932 e. The molecule has 0 aromatic heterocycles. The van der Waals surface area contributed by atoms with Crippen LogP contribution in [0, 0.1) is 0 Å². The quantitative estimate of drug-likeness (QED) is 0.479. The summed E-state index contributed by atoms with van der Waals surface area (Å²) in [7, 11) is 2.57. The molecule has 0 radical (unpaired) electrons. The standard InChI is InChI=1S/C7H9PS2.C2H6/c8-10-7(9)6-4-2-1-3-5-6;1-2/h2,4-5H,1,3,8H2;1-2H3. The molecule has 0 bridgehead atoms.